The van der Waals surface area contributed by atoms with Crippen LogP contribution in [-0.2, 0) is 11.3 Å². The summed E-state index contributed by atoms with van der Waals surface area (Å²) in [5.41, 5.74) is 3.14. The Labute approximate surface area is 182 Å². The van der Waals surface area contributed by atoms with Gasteiger partial charge < -0.3 is 25.4 Å². The molecule has 30 heavy (non-hydrogen) atoms. The number of allylic oxidation sites excluding steroid dienone is 1. The quantitative estimate of drug-likeness (QED) is 0.447. The third-order valence-electron chi connectivity index (χ3n) is 4.69. The van der Waals surface area contributed by atoms with Crippen LogP contribution in [0.4, 0.5) is 0 Å². The van der Waals surface area contributed by atoms with Crippen LogP contribution in [0.5, 0.6) is 11.5 Å². The van der Waals surface area contributed by atoms with Gasteiger partial charge in [-0.05, 0) is 42.4 Å². The SMILES string of the molecule is C=CCOc1ccc(C2NC(=S)NC(C)=C2C(=O)NCc2ccccc2)cc1OC. The second-order valence-corrected chi connectivity index (χ2v) is 7.16. The molecule has 1 unspecified atom stereocenters. The van der Waals surface area contributed by atoms with Gasteiger partial charge in [0.05, 0.1) is 18.7 Å². The molecule has 3 N–H and O–H groups in total. The topological polar surface area (TPSA) is 71.6 Å². The predicted octanol–water partition coefficient (Wildman–Crippen LogP) is 3.37. The second kappa shape index (κ2) is 9.93. The van der Waals surface area contributed by atoms with E-state index in [2.05, 4.69) is 22.5 Å². The van der Waals surface area contributed by atoms with Crippen LogP contribution in [0.3, 0.4) is 0 Å². The predicted molar refractivity (Wildman–Crippen MR) is 121 cm³/mol. The van der Waals surface area contributed by atoms with Crippen LogP contribution >= 0.6 is 12.2 Å². The average Bonchev–Trinajstić information content (AvgIpc) is 2.76. The molecule has 0 bridgehead atoms. The van der Waals surface area contributed by atoms with E-state index in [4.69, 9.17) is 21.7 Å². The zero-order chi connectivity index (χ0) is 21.5. The highest BCUT2D eigenvalue weighted by atomic mass is 32.1. The molecule has 3 rings (SSSR count). The number of ether oxygens (including phenoxy) is 2. The van der Waals surface area contributed by atoms with Gasteiger partial charge in [0.15, 0.2) is 16.6 Å². The molecule has 156 valence electrons. The van der Waals surface area contributed by atoms with Crippen LogP contribution in [0.2, 0.25) is 0 Å². The van der Waals surface area contributed by atoms with Crippen molar-refractivity contribution in [1.29, 1.82) is 0 Å². The molecule has 0 aliphatic carbocycles. The lowest BCUT2D eigenvalue weighted by molar-refractivity contribution is -0.118. The van der Waals surface area contributed by atoms with Gasteiger partial charge in [0, 0.05) is 12.2 Å². The highest BCUT2D eigenvalue weighted by Gasteiger charge is 2.30. The molecule has 2 aromatic carbocycles. The van der Waals surface area contributed by atoms with Crippen molar-refractivity contribution in [1.82, 2.24) is 16.0 Å². The summed E-state index contributed by atoms with van der Waals surface area (Å²) < 4.78 is 11.1. The van der Waals surface area contributed by atoms with Gasteiger partial charge in [-0.15, -0.1) is 0 Å². The van der Waals surface area contributed by atoms with Crippen LogP contribution in [0, 0.1) is 0 Å². The van der Waals surface area contributed by atoms with E-state index in [0.717, 1.165) is 11.1 Å². The lowest BCUT2D eigenvalue weighted by Crippen LogP contribution is -2.46. The third kappa shape index (κ3) is 4.99. The lowest BCUT2D eigenvalue weighted by Gasteiger charge is -2.30. The fourth-order valence-electron chi connectivity index (χ4n) is 3.25. The van der Waals surface area contributed by atoms with E-state index in [-0.39, 0.29) is 5.91 Å². The van der Waals surface area contributed by atoms with Crippen molar-refractivity contribution < 1.29 is 14.3 Å². The number of nitrogens with one attached hydrogen (secondary N) is 3. The van der Waals surface area contributed by atoms with E-state index in [1.165, 1.54) is 0 Å². The van der Waals surface area contributed by atoms with Crippen LogP contribution < -0.4 is 25.4 Å². The van der Waals surface area contributed by atoms with Crippen molar-refractivity contribution in [2.75, 3.05) is 13.7 Å². The molecule has 1 aliphatic heterocycles. The number of rotatable bonds is 8. The Morgan fingerprint density at radius 2 is 2.00 bits per heavy atom. The standard InChI is InChI=1S/C23H25N3O3S/c1-4-12-29-18-11-10-17(13-19(18)28-3)21-20(15(2)25-23(30)26-21)22(27)24-14-16-8-6-5-7-9-16/h4-11,13,21H,1,12,14H2,2-3H3,(H,24,27)(H2,25,26,30). The Bertz CT molecular complexity index is 973. The van der Waals surface area contributed by atoms with Gasteiger partial charge in [-0.3, -0.25) is 4.79 Å². The van der Waals surface area contributed by atoms with Crippen molar-refractivity contribution in [2.45, 2.75) is 19.5 Å². The Morgan fingerprint density at radius 3 is 2.70 bits per heavy atom. The maximum absolute atomic E-state index is 13.1. The third-order valence-corrected chi connectivity index (χ3v) is 4.91. The van der Waals surface area contributed by atoms with Gasteiger partial charge in [-0.1, -0.05) is 49.1 Å². The zero-order valence-electron chi connectivity index (χ0n) is 17.0. The van der Waals surface area contributed by atoms with Crippen LogP contribution in [-0.4, -0.2) is 24.7 Å². The van der Waals surface area contributed by atoms with Gasteiger partial charge in [0.25, 0.3) is 5.91 Å². The number of hydrogen-bond donors (Lipinski definition) is 3. The molecule has 0 aromatic heterocycles. The number of thiocarbonyl (C=S) groups is 1. The first-order valence-electron chi connectivity index (χ1n) is 9.55. The molecule has 0 saturated carbocycles. The minimum atomic E-state index is -0.420. The molecule has 6 nitrogen and oxygen atoms in total. The molecule has 1 aliphatic rings. The van der Waals surface area contributed by atoms with Crippen LogP contribution in [0.25, 0.3) is 0 Å². The normalized spacial score (nSPS) is 15.7. The number of hydrogen-bond acceptors (Lipinski definition) is 4. The van der Waals surface area contributed by atoms with Crippen molar-refractivity contribution in [3.05, 3.63) is 83.6 Å². The van der Waals surface area contributed by atoms with Crippen molar-refractivity contribution in [3.63, 3.8) is 0 Å². The fourth-order valence-corrected chi connectivity index (χ4v) is 3.52. The molecule has 2 aromatic rings. The van der Waals surface area contributed by atoms with Gasteiger partial charge in [0.2, 0.25) is 0 Å². The number of methoxy groups -OCH3 is 1. The van der Waals surface area contributed by atoms with E-state index in [1.807, 2.05) is 55.5 Å². The van der Waals surface area contributed by atoms with E-state index >= 15 is 0 Å². The molecule has 0 spiro atoms. The molecule has 7 heteroatoms. The van der Waals surface area contributed by atoms with Gasteiger partial charge in [0.1, 0.15) is 6.61 Å². The summed E-state index contributed by atoms with van der Waals surface area (Å²) in [7, 11) is 1.58. The Hall–Kier alpha value is -3.32. The second-order valence-electron chi connectivity index (χ2n) is 6.75. The summed E-state index contributed by atoms with van der Waals surface area (Å²) in [5, 5.41) is 9.70. The fraction of sp³-hybridized carbons (Fsp3) is 0.217. The highest BCUT2D eigenvalue weighted by Crippen LogP contribution is 2.34. The first kappa shape index (κ1) is 21.4. The molecular formula is C23H25N3O3S. The number of amides is 1. The number of carbonyl (C=O) groups excluding carboxylic acids is 1. The van der Waals surface area contributed by atoms with Crippen molar-refractivity contribution in [3.8, 4) is 11.5 Å². The van der Waals surface area contributed by atoms with E-state index in [9.17, 15) is 4.79 Å². The maximum atomic E-state index is 13.1. The van der Waals surface area contributed by atoms with Gasteiger partial charge >= 0.3 is 0 Å². The van der Waals surface area contributed by atoms with Crippen molar-refractivity contribution in [2.24, 2.45) is 0 Å². The molecule has 0 radical (unpaired) electrons. The van der Waals surface area contributed by atoms with Gasteiger partial charge in [-0.25, -0.2) is 0 Å². The minimum absolute atomic E-state index is 0.171. The Morgan fingerprint density at radius 1 is 1.23 bits per heavy atom. The molecule has 0 saturated heterocycles. The monoisotopic (exact) mass is 423 g/mol. The average molecular weight is 424 g/mol. The summed E-state index contributed by atoms with van der Waals surface area (Å²) in [6, 6.07) is 14.9. The minimum Gasteiger partial charge on any atom is -0.493 e. The van der Waals surface area contributed by atoms with E-state index in [1.54, 1.807) is 13.2 Å². The number of carbonyl (C=O) groups is 1. The number of benzene rings is 2. The van der Waals surface area contributed by atoms with Crippen molar-refractivity contribution >= 4 is 23.2 Å². The van der Waals surface area contributed by atoms with E-state index < -0.39 is 6.04 Å². The zero-order valence-corrected chi connectivity index (χ0v) is 17.8. The van der Waals surface area contributed by atoms with E-state index in [0.29, 0.717) is 41.0 Å². The van der Waals surface area contributed by atoms with Crippen LogP contribution in [0.1, 0.15) is 24.1 Å². The first-order chi connectivity index (χ1) is 14.5. The smallest absolute Gasteiger partial charge is 0.251 e. The molecular weight excluding hydrogens is 398 g/mol. The lowest BCUT2D eigenvalue weighted by atomic mass is 9.94. The highest BCUT2D eigenvalue weighted by molar-refractivity contribution is 7.80. The Kier molecular flexibility index (Phi) is 7.08. The summed E-state index contributed by atoms with van der Waals surface area (Å²) in [6.45, 7) is 6.31. The maximum Gasteiger partial charge on any atom is 0.251 e. The molecule has 1 amide bonds. The summed E-state index contributed by atoms with van der Waals surface area (Å²) in [5.74, 6) is 1.01. The van der Waals surface area contributed by atoms with Gasteiger partial charge in [-0.2, -0.15) is 0 Å². The molecule has 0 fully saturated rings. The Balaban J connectivity index is 1.87. The first-order valence-corrected chi connectivity index (χ1v) is 9.96. The summed E-state index contributed by atoms with van der Waals surface area (Å²) in [4.78, 5) is 13.1. The summed E-state index contributed by atoms with van der Waals surface area (Å²) >= 11 is 5.33. The molecule has 1 heterocycles. The van der Waals surface area contributed by atoms with Crippen LogP contribution in [0.15, 0.2) is 72.5 Å². The largest absolute Gasteiger partial charge is 0.493 e. The molecule has 1 atom stereocenters. The summed E-state index contributed by atoms with van der Waals surface area (Å²) in [6.07, 6.45) is 1.67.